The molecule has 2 nitrogen and oxygen atoms in total. The second-order valence-corrected chi connectivity index (χ2v) is 5.57. The second kappa shape index (κ2) is 5.64. The van der Waals surface area contributed by atoms with Crippen LogP contribution in [-0.2, 0) is 0 Å². The smallest absolute Gasteiger partial charge is 0.106 e. The van der Waals surface area contributed by atoms with E-state index in [1.807, 2.05) is 6.21 Å². The Morgan fingerprint density at radius 1 is 1.06 bits per heavy atom. The van der Waals surface area contributed by atoms with Crippen molar-refractivity contribution in [2.45, 2.75) is 44.6 Å². The second-order valence-electron chi connectivity index (χ2n) is 5.57. The summed E-state index contributed by atoms with van der Waals surface area (Å²) in [5, 5.41) is 0. The van der Waals surface area contributed by atoms with Crippen LogP contribution in [0.1, 0.15) is 38.5 Å². The van der Waals surface area contributed by atoms with E-state index < -0.39 is 0 Å². The number of hydrogen-bond donors (Lipinski definition) is 0. The van der Waals surface area contributed by atoms with Crippen molar-refractivity contribution >= 4 is 11.9 Å². The van der Waals surface area contributed by atoms with Gasteiger partial charge in [-0.3, -0.25) is 9.98 Å². The highest BCUT2D eigenvalue weighted by Crippen LogP contribution is 2.37. The predicted molar refractivity (Wildman–Crippen MR) is 77.5 cm³/mol. The van der Waals surface area contributed by atoms with Gasteiger partial charge < -0.3 is 0 Å². The van der Waals surface area contributed by atoms with Gasteiger partial charge in [-0.2, -0.15) is 0 Å². The Bertz CT molecular complexity index is 403. The Kier molecular flexibility index (Phi) is 3.72. The van der Waals surface area contributed by atoms with Crippen molar-refractivity contribution in [1.29, 1.82) is 0 Å². The summed E-state index contributed by atoms with van der Waals surface area (Å²) in [7, 11) is 0. The van der Waals surface area contributed by atoms with Gasteiger partial charge in [0.25, 0.3) is 0 Å². The minimum Gasteiger partial charge on any atom is -0.291 e. The van der Waals surface area contributed by atoms with Gasteiger partial charge in [0.1, 0.15) is 6.04 Å². The van der Waals surface area contributed by atoms with Crippen molar-refractivity contribution in [3.63, 3.8) is 0 Å². The first-order chi connectivity index (χ1) is 8.95. The van der Waals surface area contributed by atoms with Gasteiger partial charge in [0.2, 0.25) is 0 Å². The highest BCUT2D eigenvalue weighted by Gasteiger charge is 2.34. The van der Waals surface area contributed by atoms with Crippen LogP contribution in [0.15, 0.2) is 34.3 Å². The van der Waals surface area contributed by atoms with Gasteiger partial charge >= 0.3 is 0 Å². The van der Waals surface area contributed by atoms with Crippen LogP contribution in [0.25, 0.3) is 0 Å². The summed E-state index contributed by atoms with van der Waals surface area (Å²) in [6, 6.07) is 0.209. The Balaban J connectivity index is 1.83. The van der Waals surface area contributed by atoms with Gasteiger partial charge in [-0.15, -0.1) is 0 Å². The minimum atomic E-state index is 0.209. The first kappa shape index (κ1) is 11.9. The van der Waals surface area contributed by atoms with Crippen LogP contribution in [0.2, 0.25) is 0 Å². The molecule has 1 fully saturated rings. The minimum absolute atomic E-state index is 0.209. The molecule has 0 aromatic carbocycles. The number of rotatable bonds is 1. The molecule has 96 valence electrons. The maximum absolute atomic E-state index is 4.84. The topological polar surface area (TPSA) is 24.7 Å². The van der Waals surface area contributed by atoms with Crippen molar-refractivity contribution in [2.24, 2.45) is 21.8 Å². The lowest BCUT2D eigenvalue weighted by atomic mass is 9.72. The fourth-order valence-corrected chi connectivity index (χ4v) is 3.52. The lowest BCUT2D eigenvalue weighted by molar-refractivity contribution is 0.273. The SMILES string of the molecule is C1=CCC=NC(C2=NCCC3CCCCC23)C=C1. The van der Waals surface area contributed by atoms with E-state index in [1.165, 1.54) is 37.8 Å². The van der Waals surface area contributed by atoms with Crippen LogP contribution >= 0.6 is 0 Å². The number of nitrogens with zero attached hydrogens (tertiary/aromatic N) is 2. The van der Waals surface area contributed by atoms with Gasteiger partial charge in [-0.25, -0.2) is 0 Å². The lowest BCUT2D eigenvalue weighted by Gasteiger charge is -2.37. The average molecular weight is 242 g/mol. The van der Waals surface area contributed by atoms with Crippen molar-refractivity contribution in [1.82, 2.24) is 0 Å². The van der Waals surface area contributed by atoms with Crippen LogP contribution < -0.4 is 0 Å². The molecule has 3 rings (SSSR count). The van der Waals surface area contributed by atoms with Gasteiger partial charge in [-0.05, 0) is 25.2 Å². The van der Waals surface area contributed by atoms with E-state index in [-0.39, 0.29) is 6.04 Å². The molecule has 0 spiro atoms. The number of allylic oxidation sites excluding steroid dienone is 3. The molecule has 0 saturated heterocycles. The number of fused-ring (bicyclic) bond motifs is 1. The summed E-state index contributed by atoms with van der Waals surface area (Å²) in [4.78, 5) is 9.54. The third-order valence-corrected chi connectivity index (χ3v) is 4.43. The van der Waals surface area contributed by atoms with E-state index >= 15 is 0 Å². The molecule has 0 aromatic heterocycles. The van der Waals surface area contributed by atoms with Gasteiger partial charge in [0.05, 0.1) is 0 Å². The predicted octanol–water partition coefficient (Wildman–Crippen LogP) is 3.59. The molecule has 2 heteroatoms. The largest absolute Gasteiger partial charge is 0.291 e. The molecule has 2 heterocycles. The molecule has 0 radical (unpaired) electrons. The van der Waals surface area contributed by atoms with Crippen molar-refractivity contribution in [2.75, 3.05) is 6.54 Å². The molecule has 2 aliphatic heterocycles. The maximum atomic E-state index is 4.84. The van der Waals surface area contributed by atoms with E-state index in [0.29, 0.717) is 5.92 Å². The van der Waals surface area contributed by atoms with Crippen LogP contribution in [0, 0.1) is 11.8 Å². The number of aliphatic imine (C=N–C) groups is 2. The average Bonchev–Trinajstić information content (AvgIpc) is 2.38. The third-order valence-electron chi connectivity index (χ3n) is 4.43. The third kappa shape index (κ3) is 2.47. The van der Waals surface area contributed by atoms with Crippen molar-refractivity contribution in [3.05, 3.63) is 24.3 Å². The Labute approximate surface area is 110 Å². The lowest BCUT2D eigenvalue weighted by Crippen LogP contribution is -2.37. The monoisotopic (exact) mass is 242 g/mol. The molecule has 3 unspecified atom stereocenters. The fraction of sp³-hybridized carbons (Fsp3) is 0.625. The molecule has 1 aliphatic carbocycles. The molecule has 18 heavy (non-hydrogen) atoms. The fourth-order valence-electron chi connectivity index (χ4n) is 3.52. The molecule has 0 N–H and O–H groups in total. The van der Waals surface area contributed by atoms with Crippen molar-refractivity contribution in [3.8, 4) is 0 Å². The quantitative estimate of drug-likeness (QED) is 0.671. The van der Waals surface area contributed by atoms with E-state index in [0.717, 1.165) is 18.9 Å². The van der Waals surface area contributed by atoms with Gasteiger partial charge in [-0.1, -0.05) is 37.1 Å². The first-order valence-electron chi connectivity index (χ1n) is 7.34. The van der Waals surface area contributed by atoms with Gasteiger partial charge in [0, 0.05) is 30.8 Å². The molecular formula is C16H22N2. The number of hydrogen-bond acceptors (Lipinski definition) is 2. The normalized spacial score (nSPS) is 35.6. The van der Waals surface area contributed by atoms with E-state index in [9.17, 15) is 0 Å². The summed E-state index contributed by atoms with van der Waals surface area (Å²) in [6.45, 7) is 1.02. The Hall–Kier alpha value is -1.18. The van der Waals surface area contributed by atoms with Crippen molar-refractivity contribution < 1.29 is 0 Å². The zero-order valence-electron chi connectivity index (χ0n) is 11.0. The van der Waals surface area contributed by atoms with Gasteiger partial charge in [0.15, 0.2) is 0 Å². The molecule has 0 bridgehead atoms. The summed E-state index contributed by atoms with van der Waals surface area (Å²) in [6.07, 6.45) is 18.4. The summed E-state index contributed by atoms with van der Waals surface area (Å²) in [5.41, 5.74) is 1.37. The molecule has 0 amide bonds. The molecule has 3 atom stereocenters. The molecule has 0 aromatic rings. The van der Waals surface area contributed by atoms with E-state index in [1.54, 1.807) is 0 Å². The summed E-state index contributed by atoms with van der Waals surface area (Å²) in [5.74, 6) is 1.60. The van der Waals surface area contributed by atoms with E-state index in [4.69, 9.17) is 9.98 Å². The van der Waals surface area contributed by atoms with Crippen LogP contribution in [0.3, 0.4) is 0 Å². The standard InChI is InChI=1S/C16H22N2/c1-2-6-11-17-15(9-3-1)16-14-8-5-4-7-13(14)10-12-18-16/h1-3,9,11,13-15H,4-8,10,12H2. The molecular weight excluding hydrogens is 220 g/mol. The highest BCUT2D eigenvalue weighted by molar-refractivity contribution is 5.95. The van der Waals surface area contributed by atoms with Crippen LogP contribution in [-0.4, -0.2) is 24.5 Å². The summed E-state index contributed by atoms with van der Waals surface area (Å²) < 4.78 is 0. The van der Waals surface area contributed by atoms with Crippen LogP contribution in [0.5, 0.6) is 0 Å². The highest BCUT2D eigenvalue weighted by atomic mass is 14.9. The summed E-state index contributed by atoms with van der Waals surface area (Å²) >= 11 is 0. The van der Waals surface area contributed by atoms with Crippen LogP contribution in [0.4, 0.5) is 0 Å². The zero-order valence-corrected chi connectivity index (χ0v) is 11.0. The zero-order chi connectivity index (χ0) is 12.2. The Morgan fingerprint density at radius 2 is 2.00 bits per heavy atom. The maximum Gasteiger partial charge on any atom is 0.106 e. The van der Waals surface area contributed by atoms with E-state index in [2.05, 4.69) is 24.3 Å². The first-order valence-corrected chi connectivity index (χ1v) is 7.34. The molecule has 3 aliphatic rings. The molecule has 1 saturated carbocycles. The Morgan fingerprint density at radius 3 is 3.00 bits per heavy atom.